The Morgan fingerprint density at radius 2 is 1.98 bits per heavy atom. The summed E-state index contributed by atoms with van der Waals surface area (Å²) >= 11 is 1.30. The van der Waals surface area contributed by atoms with Crippen LogP contribution >= 0.6 is 11.3 Å². The van der Waals surface area contributed by atoms with Gasteiger partial charge >= 0.3 is 11.9 Å². The highest BCUT2D eigenvalue weighted by molar-refractivity contribution is 7.11. The predicted octanol–water partition coefficient (Wildman–Crippen LogP) is 4.39. The van der Waals surface area contributed by atoms with Crippen LogP contribution in [0.3, 0.4) is 0 Å². The van der Waals surface area contributed by atoms with E-state index in [1.165, 1.54) is 23.5 Å². The van der Waals surface area contributed by atoms with E-state index in [-0.39, 0.29) is 47.9 Å². The summed E-state index contributed by atoms with van der Waals surface area (Å²) in [4.78, 5) is 37.9. The number of rotatable bonds is 7. The average Bonchev–Trinajstić information content (AvgIpc) is 3.62. The maximum absolute atomic E-state index is 15.5. The second kappa shape index (κ2) is 11.3. The van der Waals surface area contributed by atoms with Crippen LogP contribution in [0.2, 0.25) is 0 Å². The zero-order valence-corrected chi connectivity index (χ0v) is 25.8. The van der Waals surface area contributed by atoms with Crippen molar-refractivity contribution in [2.24, 2.45) is 16.8 Å². The van der Waals surface area contributed by atoms with Crippen LogP contribution in [0.4, 0.5) is 13.2 Å². The van der Waals surface area contributed by atoms with Crippen molar-refractivity contribution < 1.29 is 32.6 Å². The van der Waals surface area contributed by atoms with Crippen LogP contribution in [-0.4, -0.2) is 87.5 Å². The van der Waals surface area contributed by atoms with Gasteiger partial charge in [0.1, 0.15) is 17.5 Å². The summed E-state index contributed by atoms with van der Waals surface area (Å²) in [5, 5.41) is 15.8. The van der Waals surface area contributed by atoms with Gasteiger partial charge in [0.05, 0.1) is 24.0 Å². The summed E-state index contributed by atoms with van der Waals surface area (Å²) in [5.41, 5.74) is 0.193. The number of hydrogen-bond donors (Lipinski definition) is 2. The van der Waals surface area contributed by atoms with Gasteiger partial charge in [0, 0.05) is 49.0 Å². The van der Waals surface area contributed by atoms with Crippen LogP contribution in [0.25, 0.3) is 0 Å². The summed E-state index contributed by atoms with van der Waals surface area (Å²) in [6, 6.07) is 2.89. The number of aromatic nitrogens is 1. The fourth-order valence-corrected chi connectivity index (χ4v) is 7.40. The van der Waals surface area contributed by atoms with Crippen LogP contribution in [0.5, 0.6) is 0 Å². The number of benzene rings is 1. The van der Waals surface area contributed by atoms with Crippen molar-refractivity contribution in [1.29, 1.82) is 0 Å². The highest BCUT2D eigenvalue weighted by atomic mass is 32.1. The summed E-state index contributed by atoms with van der Waals surface area (Å²) in [6.07, 6.45) is 2.73. The Balaban J connectivity index is 1.25. The third kappa shape index (κ3) is 5.77. The number of aliphatic carboxylic acids is 1. The monoisotopic (exact) mass is 631 g/mol. The van der Waals surface area contributed by atoms with Gasteiger partial charge in [-0.1, -0.05) is 12.1 Å². The second-order valence-electron chi connectivity index (χ2n) is 13.1. The van der Waals surface area contributed by atoms with Crippen molar-refractivity contribution in [2.45, 2.75) is 70.2 Å². The van der Waals surface area contributed by atoms with Gasteiger partial charge in [-0.3, -0.25) is 19.6 Å². The second-order valence-corrected chi connectivity index (χ2v) is 14.0. The van der Waals surface area contributed by atoms with E-state index in [9.17, 15) is 19.1 Å². The number of halogens is 3. The first kappa shape index (κ1) is 30.7. The molecule has 1 saturated carbocycles. The minimum Gasteiger partial charge on any atom is -0.478 e. The molecule has 3 atom stereocenters. The third-order valence-electron chi connectivity index (χ3n) is 9.07. The number of esters is 1. The van der Waals surface area contributed by atoms with Gasteiger partial charge < -0.3 is 15.2 Å². The first-order chi connectivity index (χ1) is 20.7. The summed E-state index contributed by atoms with van der Waals surface area (Å²) in [5.74, 6) is -5.83. The molecule has 13 heteroatoms. The number of carbonyl (C=O) groups is 2. The molecule has 3 fully saturated rings. The molecular weight excluding hydrogens is 595 g/mol. The van der Waals surface area contributed by atoms with Gasteiger partial charge in [0.2, 0.25) is 0 Å². The molecule has 2 aromatic rings. The molecule has 0 bridgehead atoms. The lowest BCUT2D eigenvalue weighted by Gasteiger charge is -2.41. The van der Waals surface area contributed by atoms with Crippen molar-refractivity contribution in [3.05, 3.63) is 63.0 Å². The Kier molecular flexibility index (Phi) is 7.86. The van der Waals surface area contributed by atoms with E-state index in [2.05, 4.69) is 15.3 Å². The Bertz CT molecular complexity index is 1520. The Hall–Kier alpha value is -3.29. The lowest BCUT2D eigenvalue weighted by molar-refractivity contribution is -0.165. The number of nitrogens with zero attached hydrogens (tertiary/aromatic N) is 4. The summed E-state index contributed by atoms with van der Waals surface area (Å²) < 4.78 is 51.1. The number of thiazole rings is 1. The molecule has 3 aliphatic heterocycles. The maximum Gasteiger partial charge on any atom is 0.335 e. The van der Waals surface area contributed by atoms with Gasteiger partial charge in [0.15, 0.2) is 10.8 Å². The first-order valence-electron chi connectivity index (χ1n) is 14.8. The summed E-state index contributed by atoms with van der Waals surface area (Å²) in [6.45, 7) is 7.03. The van der Waals surface area contributed by atoms with E-state index in [4.69, 9.17) is 4.74 Å². The molecule has 2 N–H and O–H groups in total. The topological polar surface area (TPSA) is 107 Å². The molecule has 1 aromatic heterocycles. The van der Waals surface area contributed by atoms with Gasteiger partial charge in [-0.05, 0) is 57.7 Å². The predicted molar refractivity (Wildman–Crippen MR) is 158 cm³/mol. The standard InChI is InChI=1S/C31H36F3N5O4S/c1-16-19(6-5-7-21(16)32)25-24(28(40)41)22(36-26(37-25)27-35-8-9-44-27)13-39-15-31(33,34)20-12-38(14-23(20)39)18-10-17(11-18)29(42)43-30(2,3)4/h5-9,17-18,20,23,25H,10-15H2,1-4H3,(H,36,37)(H,40,41). The van der Waals surface area contributed by atoms with Crippen molar-refractivity contribution in [1.82, 2.24) is 20.1 Å². The first-order valence-corrected chi connectivity index (χ1v) is 15.6. The lowest BCUT2D eigenvalue weighted by Crippen LogP contribution is -2.49. The van der Waals surface area contributed by atoms with E-state index in [1.807, 2.05) is 25.7 Å². The number of hydrogen-bond acceptors (Lipinski definition) is 9. The minimum atomic E-state index is -2.98. The SMILES string of the molecule is Cc1c(F)cccc1C1N=C(c2nccs2)NC(CN2CC(F)(F)C3CN(C4CC(C(=O)OC(C)(C)C)C4)CC32)=C1C(=O)O. The zero-order chi connectivity index (χ0) is 31.6. The molecule has 4 heterocycles. The smallest absolute Gasteiger partial charge is 0.335 e. The van der Waals surface area contributed by atoms with Crippen molar-refractivity contribution in [3.63, 3.8) is 0 Å². The van der Waals surface area contributed by atoms with Crippen LogP contribution in [-0.2, 0) is 14.3 Å². The van der Waals surface area contributed by atoms with Crippen molar-refractivity contribution >= 4 is 29.1 Å². The number of amidine groups is 1. The number of carbonyl (C=O) groups excluding carboxylic acids is 1. The molecule has 0 spiro atoms. The quantitative estimate of drug-likeness (QED) is 0.434. The fraction of sp³-hybridized carbons (Fsp3) is 0.548. The maximum atomic E-state index is 15.5. The normalized spacial score (nSPS) is 28.7. The molecule has 0 radical (unpaired) electrons. The van der Waals surface area contributed by atoms with Gasteiger partial charge in [-0.25, -0.2) is 22.9 Å². The molecule has 0 amide bonds. The van der Waals surface area contributed by atoms with Crippen LogP contribution < -0.4 is 5.32 Å². The molecule has 1 aliphatic carbocycles. The lowest BCUT2D eigenvalue weighted by atomic mass is 9.79. The number of nitrogens with one attached hydrogen (secondary N) is 1. The number of carboxylic acid groups (broad SMARTS) is 1. The average molecular weight is 632 g/mol. The van der Waals surface area contributed by atoms with Gasteiger partial charge in [0.25, 0.3) is 5.92 Å². The highest BCUT2D eigenvalue weighted by Crippen LogP contribution is 2.46. The van der Waals surface area contributed by atoms with Crippen LogP contribution in [0, 0.1) is 24.6 Å². The number of carboxylic acids is 1. The van der Waals surface area contributed by atoms with Crippen LogP contribution in [0.15, 0.2) is 46.0 Å². The Morgan fingerprint density at radius 3 is 2.64 bits per heavy atom. The van der Waals surface area contributed by atoms with E-state index in [1.54, 1.807) is 29.5 Å². The molecule has 3 unspecified atom stereocenters. The van der Waals surface area contributed by atoms with Gasteiger partial charge in [-0.15, -0.1) is 11.3 Å². The molecule has 44 heavy (non-hydrogen) atoms. The minimum absolute atomic E-state index is 0.0151. The van der Waals surface area contributed by atoms with Crippen molar-refractivity contribution in [2.75, 3.05) is 26.2 Å². The number of fused-ring (bicyclic) bond motifs is 1. The summed E-state index contributed by atoms with van der Waals surface area (Å²) in [7, 11) is 0. The molecule has 236 valence electrons. The van der Waals surface area contributed by atoms with E-state index in [0.717, 1.165) is 0 Å². The molecule has 9 nitrogen and oxygen atoms in total. The highest BCUT2D eigenvalue weighted by Gasteiger charge is 2.59. The Morgan fingerprint density at radius 1 is 1.23 bits per heavy atom. The fourth-order valence-electron chi connectivity index (χ4n) is 6.81. The molecule has 1 aromatic carbocycles. The zero-order valence-electron chi connectivity index (χ0n) is 25.0. The number of ether oxygens (including phenoxy) is 1. The number of likely N-dealkylation sites (tertiary alicyclic amines) is 2. The molecular formula is C31H36F3N5O4S. The molecule has 6 rings (SSSR count). The largest absolute Gasteiger partial charge is 0.478 e. The van der Waals surface area contributed by atoms with Gasteiger partial charge in [-0.2, -0.15) is 0 Å². The van der Waals surface area contributed by atoms with E-state index in [0.29, 0.717) is 35.8 Å². The van der Waals surface area contributed by atoms with Crippen LogP contribution in [0.1, 0.15) is 55.8 Å². The molecule has 2 saturated heterocycles. The number of aliphatic imine (C=N–C) groups is 1. The Labute approximate surface area is 257 Å². The number of alkyl halides is 2. The van der Waals surface area contributed by atoms with Crippen molar-refractivity contribution in [3.8, 4) is 0 Å². The third-order valence-corrected chi connectivity index (χ3v) is 9.85. The van der Waals surface area contributed by atoms with E-state index >= 15 is 8.78 Å². The molecule has 4 aliphatic rings. The van der Waals surface area contributed by atoms with E-state index < -0.39 is 47.9 Å².